The quantitative estimate of drug-likeness (QED) is 0.324. The van der Waals surface area contributed by atoms with Crippen LogP contribution in [0.3, 0.4) is 0 Å². The molecule has 2 amide bonds. The molecule has 0 saturated heterocycles. The van der Waals surface area contributed by atoms with Crippen LogP contribution in [0.5, 0.6) is 11.5 Å². The van der Waals surface area contributed by atoms with E-state index in [0.717, 1.165) is 0 Å². The van der Waals surface area contributed by atoms with Crippen LogP contribution in [0.1, 0.15) is 0 Å². The van der Waals surface area contributed by atoms with Gasteiger partial charge in [-0.15, -0.1) is 0 Å². The summed E-state index contributed by atoms with van der Waals surface area (Å²) in [6.07, 6.45) is 0. The van der Waals surface area contributed by atoms with Gasteiger partial charge in [-0.3, -0.25) is 0 Å². The molecule has 2 N–H and O–H groups in total. The van der Waals surface area contributed by atoms with Crippen LogP contribution < -0.4 is 19.9 Å². The summed E-state index contributed by atoms with van der Waals surface area (Å²) in [5.41, 5.74) is 0.851. The Labute approximate surface area is 189 Å². The van der Waals surface area contributed by atoms with Crippen molar-refractivity contribution in [1.29, 1.82) is 5.39 Å². The topological polar surface area (TPSA) is 136 Å². The van der Waals surface area contributed by atoms with Crippen molar-refractivity contribution in [3.05, 3.63) is 89.9 Å². The summed E-state index contributed by atoms with van der Waals surface area (Å²) in [6, 6.07) is 20.9. The van der Waals surface area contributed by atoms with Gasteiger partial charge in [-0.2, -0.15) is 8.42 Å². The van der Waals surface area contributed by atoms with Crippen molar-refractivity contribution in [3.63, 3.8) is 0 Å². The Morgan fingerprint density at radius 3 is 2.15 bits per heavy atom. The number of diazo groups is 1. The number of nitrogens with one attached hydrogen (secondary N) is 2. The first-order valence-corrected chi connectivity index (χ1v) is 11.0. The first kappa shape index (κ1) is 21.6. The molecule has 4 aromatic carbocycles. The van der Waals surface area contributed by atoms with Crippen molar-refractivity contribution in [2.45, 2.75) is 4.90 Å². The third-order valence-corrected chi connectivity index (χ3v) is 5.98. The summed E-state index contributed by atoms with van der Waals surface area (Å²) in [4.78, 5) is 14.8. The zero-order chi connectivity index (χ0) is 23.4. The van der Waals surface area contributed by atoms with Crippen molar-refractivity contribution in [3.8, 4) is 11.5 Å². The number of benzene rings is 4. The average Bonchev–Trinajstić information content (AvgIpc) is 2.81. The third kappa shape index (κ3) is 4.68. The van der Waals surface area contributed by atoms with Crippen LogP contribution in [0.4, 0.5) is 21.9 Å². The lowest BCUT2D eigenvalue weighted by atomic mass is 10.1. The van der Waals surface area contributed by atoms with E-state index >= 15 is 0 Å². The number of fused-ring (bicyclic) bond motifs is 1. The minimum absolute atomic E-state index is 0.0188. The number of nitrogens with zero attached hydrogens (tertiary/aromatic N) is 2. The smallest absolute Gasteiger partial charge is 0.378 e. The molecule has 4 aromatic rings. The van der Waals surface area contributed by atoms with Gasteiger partial charge in [-0.05, 0) is 59.7 Å². The van der Waals surface area contributed by atoms with Crippen molar-refractivity contribution in [2.75, 3.05) is 10.6 Å². The van der Waals surface area contributed by atoms with E-state index in [1.54, 1.807) is 24.3 Å². The SMILES string of the molecule is N#[N+]c1ccc2c(S(=O)(=O)Oc3ccc(NC(=O)Nc4ccccc4)cc3)cccc2c1[O-]. The molecule has 0 atom stereocenters. The number of carbonyl (C=O) groups excluding carboxylic acids is 1. The maximum absolute atomic E-state index is 12.9. The third-order valence-electron chi connectivity index (χ3n) is 4.68. The fourth-order valence-corrected chi connectivity index (χ4v) is 4.31. The summed E-state index contributed by atoms with van der Waals surface area (Å²) in [5.74, 6) is -0.582. The van der Waals surface area contributed by atoms with Gasteiger partial charge in [-0.25, -0.2) is 4.79 Å². The highest BCUT2D eigenvalue weighted by Gasteiger charge is 2.21. The average molecular weight is 460 g/mol. The first-order valence-electron chi connectivity index (χ1n) is 9.63. The molecular formula is C23H16N4O5S. The second kappa shape index (κ2) is 8.86. The fraction of sp³-hybridized carbons (Fsp3) is 0. The molecule has 0 aliphatic carbocycles. The largest absolute Gasteiger partial charge is 0.867 e. The van der Waals surface area contributed by atoms with Crippen LogP contribution in [0, 0.1) is 5.39 Å². The second-order valence-corrected chi connectivity index (χ2v) is 8.39. The predicted molar refractivity (Wildman–Crippen MR) is 121 cm³/mol. The lowest BCUT2D eigenvalue weighted by Crippen LogP contribution is -2.19. The van der Waals surface area contributed by atoms with Gasteiger partial charge in [0, 0.05) is 22.8 Å². The van der Waals surface area contributed by atoms with E-state index in [0.29, 0.717) is 11.4 Å². The molecule has 0 unspecified atom stereocenters. The molecule has 4 rings (SSSR count). The Kier molecular flexibility index (Phi) is 5.80. The second-order valence-electron chi connectivity index (χ2n) is 6.87. The maximum Gasteiger partial charge on any atom is 0.378 e. The van der Waals surface area contributed by atoms with Gasteiger partial charge in [0.05, 0.1) is 0 Å². The fourth-order valence-electron chi connectivity index (χ4n) is 3.17. The van der Waals surface area contributed by atoms with Gasteiger partial charge in [0.2, 0.25) is 5.39 Å². The minimum atomic E-state index is -4.28. The van der Waals surface area contributed by atoms with E-state index in [1.165, 1.54) is 54.6 Å². The molecule has 164 valence electrons. The highest BCUT2D eigenvalue weighted by molar-refractivity contribution is 7.87. The summed E-state index contributed by atoms with van der Waals surface area (Å²) >= 11 is 0. The van der Waals surface area contributed by atoms with E-state index < -0.39 is 21.9 Å². The summed E-state index contributed by atoms with van der Waals surface area (Å²) < 4.78 is 31.0. The molecule has 0 heterocycles. The van der Waals surface area contributed by atoms with Crippen molar-refractivity contribution >= 4 is 44.0 Å². The minimum Gasteiger partial charge on any atom is -0.867 e. The number of rotatable bonds is 5. The molecular weight excluding hydrogens is 444 g/mol. The Bertz CT molecular complexity index is 1480. The van der Waals surface area contributed by atoms with Crippen LogP contribution in [-0.4, -0.2) is 14.4 Å². The zero-order valence-electron chi connectivity index (χ0n) is 16.9. The summed E-state index contributed by atoms with van der Waals surface area (Å²) in [5, 5.41) is 26.7. The molecule has 0 aliphatic rings. The van der Waals surface area contributed by atoms with E-state index in [1.807, 2.05) is 6.07 Å². The lowest BCUT2D eigenvalue weighted by molar-refractivity contribution is -0.264. The molecule has 0 spiro atoms. The number of carbonyl (C=O) groups is 1. The van der Waals surface area contributed by atoms with Crippen LogP contribution in [-0.2, 0) is 10.1 Å². The van der Waals surface area contributed by atoms with Gasteiger partial charge in [0.25, 0.3) is 0 Å². The molecule has 33 heavy (non-hydrogen) atoms. The lowest BCUT2D eigenvalue weighted by Gasteiger charge is -2.13. The number of para-hydroxylation sites is 1. The number of amides is 2. The number of hydrogen-bond acceptors (Lipinski definition) is 6. The van der Waals surface area contributed by atoms with Gasteiger partial charge in [0.15, 0.2) is 4.98 Å². The van der Waals surface area contributed by atoms with Crippen LogP contribution in [0.25, 0.3) is 15.7 Å². The maximum atomic E-state index is 12.9. The number of anilines is 2. The molecule has 0 radical (unpaired) electrons. The highest BCUT2D eigenvalue weighted by Crippen LogP contribution is 2.36. The predicted octanol–water partition coefficient (Wildman–Crippen LogP) is 4.81. The Morgan fingerprint density at radius 1 is 0.818 bits per heavy atom. The molecule has 9 nitrogen and oxygen atoms in total. The zero-order valence-corrected chi connectivity index (χ0v) is 17.7. The van der Waals surface area contributed by atoms with Crippen molar-refractivity contribution < 1.29 is 22.5 Å². The molecule has 0 aromatic heterocycles. The van der Waals surface area contributed by atoms with Gasteiger partial charge in [-0.1, -0.05) is 30.3 Å². The summed E-state index contributed by atoms with van der Waals surface area (Å²) in [6.45, 7) is 0. The molecule has 10 heteroatoms. The molecule has 0 fully saturated rings. The van der Waals surface area contributed by atoms with Crippen molar-refractivity contribution in [2.24, 2.45) is 0 Å². The van der Waals surface area contributed by atoms with E-state index in [2.05, 4.69) is 15.6 Å². The Balaban J connectivity index is 1.52. The summed E-state index contributed by atoms with van der Waals surface area (Å²) in [7, 11) is -4.28. The molecule has 0 aliphatic heterocycles. The van der Waals surface area contributed by atoms with Crippen LogP contribution in [0.2, 0.25) is 0 Å². The van der Waals surface area contributed by atoms with Gasteiger partial charge >= 0.3 is 21.8 Å². The van der Waals surface area contributed by atoms with Crippen LogP contribution in [0.15, 0.2) is 89.8 Å². The monoisotopic (exact) mass is 460 g/mol. The molecule has 0 bridgehead atoms. The van der Waals surface area contributed by atoms with Crippen molar-refractivity contribution in [1.82, 2.24) is 0 Å². The number of hydrogen-bond donors (Lipinski definition) is 2. The van der Waals surface area contributed by atoms with E-state index in [4.69, 9.17) is 9.58 Å². The Hall–Kier alpha value is -4.62. The van der Waals surface area contributed by atoms with E-state index in [9.17, 15) is 18.3 Å². The van der Waals surface area contributed by atoms with Gasteiger partial charge in [0.1, 0.15) is 10.6 Å². The van der Waals surface area contributed by atoms with E-state index in [-0.39, 0.29) is 27.1 Å². The number of urea groups is 1. The standard InChI is InChI=1S/C23H16N4O5S/c24-27-20-14-13-18-19(22(20)28)7-4-8-21(18)33(30,31)32-17-11-9-16(10-12-17)26-23(29)25-15-5-2-1-3-6-15/h1-14H,(H2-,25,26,28,29). The first-order chi connectivity index (χ1) is 15.9. The molecule has 0 saturated carbocycles. The highest BCUT2D eigenvalue weighted by atomic mass is 32.2. The Morgan fingerprint density at radius 2 is 1.48 bits per heavy atom. The normalized spacial score (nSPS) is 10.9. The van der Waals surface area contributed by atoms with Gasteiger partial charge < -0.3 is 19.9 Å². The van der Waals surface area contributed by atoms with Crippen LogP contribution >= 0.6 is 0 Å².